The van der Waals surface area contributed by atoms with Crippen molar-refractivity contribution in [2.45, 2.75) is 6.10 Å². The molecular weight excluding hydrogens is 403 g/mol. The van der Waals surface area contributed by atoms with Gasteiger partial charge in [0.05, 0.1) is 31.2 Å². The van der Waals surface area contributed by atoms with Crippen LogP contribution in [0.15, 0.2) is 24.8 Å². The van der Waals surface area contributed by atoms with Gasteiger partial charge in [-0.15, -0.1) is 0 Å². The van der Waals surface area contributed by atoms with Crippen LogP contribution in [0.25, 0.3) is 28.1 Å². The van der Waals surface area contributed by atoms with Crippen molar-refractivity contribution in [2.75, 3.05) is 20.8 Å². The summed E-state index contributed by atoms with van der Waals surface area (Å²) in [7, 11) is 4.58. The van der Waals surface area contributed by atoms with Gasteiger partial charge in [0, 0.05) is 31.9 Å². The summed E-state index contributed by atoms with van der Waals surface area (Å²) < 4.78 is 28.9. The van der Waals surface area contributed by atoms with Crippen molar-refractivity contribution in [3.8, 4) is 23.0 Å². The maximum atomic E-state index is 15.1. The van der Waals surface area contributed by atoms with E-state index in [0.29, 0.717) is 22.6 Å². The summed E-state index contributed by atoms with van der Waals surface area (Å²) in [5.41, 5.74) is 1.44. The van der Waals surface area contributed by atoms with Crippen LogP contribution in [-0.4, -0.2) is 55.2 Å². The normalized spacial score (nSPS) is 12.6. The highest BCUT2D eigenvalue weighted by Gasteiger charge is 2.27. The van der Waals surface area contributed by atoms with Crippen molar-refractivity contribution < 1.29 is 19.0 Å². The first-order valence-corrected chi connectivity index (χ1v) is 8.98. The van der Waals surface area contributed by atoms with E-state index in [1.54, 1.807) is 41.0 Å². The summed E-state index contributed by atoms with van der Waals surface area (Å²) >= 11 is 6.15. The Balaban J connectivity index is 2.05. The maximum Gasteiger partial charge on any atom is 0.182 e. The third-order valence-electron chi connectivity index (χ3n) is 4.75. The van der Waals surface area contributed by atoms with Crippen LogP contribution < -0.4 is 4.74 Å². The fourth-order valence-electron chi connectivity index (χ4n) is 3.36. The van der Waals surface area contributed by atoms with Gasteiger partial charge < -0.3 is 23.7 Å². The van der Waals surface area contributed by atoms with E-state index in [-0.39, 0.29) is 28.7 Å². The van der Waals surface area contributed by atoms with Gasteiger partial charge in [0.15, 0.2) is 17.5 Å². The van der Waals surface area contributed by atoms with Gasteiger partial charge in [0.1, 0.15) is 22.6 Å². The molecule has 0 radical (unpaired) electrons. The molecule has 0 saturated carbocycles. The molecule has 3 aromatic heterocycles. The Morgan fingerprint density at radius 3 is 2.79 bits per heavy atom. The number of imidazole rings is 1. The molecule has 0 saturated heterocycles. The first kappa shape index (κ1) is 19.4. The topological polar surface area (TPSA) is 103 Å². The lowest BCUT2D eigenvalue weighted by Gasteiger charge is -2.07. The zero-order valence-corrected chi connectivity index (χ0v) is 16.6. The predicted molar refractivity (Wildman–Crippen MR) is 104 cm³/mol. The maximum absolute atomic E-state index is 15.1. The number of hydrogen-bond donors (Lipinski definition) is 2. The van der Waals surface area contributed by atoms with Gasteiger partial charge in [-0.3, -0.25) is 5.10 Å². The van der Waals surface area contributed by atoms with Crippen molar-refractivity contribution >= 4 is 22.5 Å². The fourth-order valence-corrected chi connectivity index (χ4v) is 3.58. The minimum Gasteiger partial charge on any atom is -0.495 e. The second-order valence-electron chi connectivity index (χ2n) is 6.28. The van der Waals surface area contributed by atoms with Crippen LogP contribution in [0.5, 0.6) is 5.75 Å². The highest BCUT2D eigenvalue weighted by Crippen LogP contribution is 2.41. The van der Waals surface area contributed by atoms with Crippen molar-refractivity contribution in [3.05, 3.63) is 41.5 Å². The van der Waals surface area contributed by atoms with E-state index in [0.717, 1.165) is 0 Å². The molecule has 0 fully saturated rings. The van der Waals surface area contributed by atoms with E-state index >= 15 is 4.39 Å². The van der Waals surface area contributed by atoms with Crippen molar-refractivity contribution in [1.82, 2.24) is 29.3 Å². The predicted octanol–water partition coefficient (Wildman–Crippen LogP) is 2.63. The molecule has 0 spiro atoms. The minimum absolute atomic E-state index is 0.109. The van der Waals surface area contributed by atoms with Crippen LogP contribution in [0.1, 0.15) is 11.9 Å². The fraction of sp³-hybridized carbons (Fsp3) is 0.278. The number of halogens is 2. The number of benzene rings is 1. The smallest absolute Gasteiger partial charge is 0.182 e. The number of rotatable bonds is 6. The van der Waals surface area contributed by atoms with Crippen LogP contribution in [0, 0.1) is 5.82 Å². The van der Waals surface area contributed by atoms with Gasteiger partial charge in [-0.05, 0) is 6.07 Å². The number of aryl methyl sites for hydroxylation is 1. The number of H-pyrrole nitrogens is 1. The number of hydrogen-bond acceptors (Lipinski definition) is 6. The zero-order valence-electron chi connectivity index (χ0n) is 15.8. The Morgan fingerprint density at radius 2 is 2.17 bits per heavy atom. The molecular formula is C18H18ClFN6O3. The molecule has 0 aliphatic carbocycles. The summed E-state index contributed by atoms with van der Waals surface area (Å²) in [5, 5.41) is 16.9. The average molecular weight is 421 g/mol. The Bertz CT molecular complexity index is 1170. The van der Waals surface area contributed by atoms with Gasteiger partial charge in [-0.2, -0.15) is 5.10 Å². The molecule has 29 heavy (non-hydrogen) atoms. The number of methoxy groups -OCH3 is 2. The number of aliphatic hydroxyl groups excluding tert-OH is 1. The molecule has 0 aliphatic rings. The molecule has 4 rings (SSSR count). The molecule has 1 aromatic carbocycles. The second kappa shape index (κ2) is 7.47. The first-order chi connectivity index (χ1) is 14.0. The summed E-state index contributed by atoms with van der Waals surface area (Å²) in [6.07, 6.45) is 4.27. The molecule has 1 atom stereocenters. The number of fused-ring (bicyclic) bond motifs is 1. The molecule has 0 unspecified atom stereocenters. The van der Waals surface area contributed by atoms with E-state index < -0.39 is 11.9 Å². The molecule has 0 bridgehead atoms. The number of aromatic amines is 1. The number of aromatic nitrogens is 6. The molecule has 2 N–H and O–H groups in total. The lowest BCUT2D eigenvalue weighted by molar-refractivity contribution is 0.0426. The van der Waals surface area contributed by atoms with Crippen LogP contribution in [0.4, 0.5) is 4.39 Å². The monoisotopic (exact) mass is 420 g/mol. The summed E-state index contributed by atoms with van der Waals surface area (Å²) in [5.74, 6) is 0.254. The SMILES string of the molecule is COc1cc2c(-n3ccnc3)c(-c3nc([C@@H](CO)OC)n[nH]3)n(C)c2c(F)c1Cl. The van der Waals surface area contributed by atoms with Gasteiger partial charge in [-0.1, -0.05) is 11.6 Å². The molecule has 11 heteroatoms. The third kappa shape index (κ3) is 2.96. The van der Waals surface area contributed by atoms with Crippen LogP contribution in [0.2, 0.25) is 5.02 Å². The van der Waals surface area contributed by atoms with Crippen LogP contribution in [0.3, 0.4) is 0 Å². The molecule has 152 valence electrons. The van der Waals surface area contributed by atoms with E-state index in [9.17, 15) is 5.11 Å². The van der Waals surface area contributed by atoms with Gasteiger partial charge >= 0.3 is 0 Å². The largest absolute Gasteiger partial charge is 0.495 e. The van der Waals surface area contributed by atoms with E-state index in [1.807, 2.05) is 0 Å². The summed E-state index contributed by atoms with van der Waals surface area (Å²) in [4.78, 5) is 8.55. The average Bonchev–Trinajstić information content (AvgIpc) is 3.45. The minimum atomic E-state index is -0.683. The molecule has 0 aliphatic heterocycles. The zero-order chi connectivity index (χ0) is 20.7. The molecule has 3 heterocycles. The van der Waals surface area contributed by atoms with Crippen molar-refractivity contribution in [1.29, 1.82) is 0 Å². The van der Waals surface area contributed by atoms with Gasteiger partial charge in [0.2, 0.25) is 0 Å². The number of nitrogens with zero attached hydrogens (tertiary/aromatic N) is 5. The summed E-state index contributed by atoms with van der Waals surface area (Å²) in [6, 6.07) is 1.67. The van der Waals surface area contributed by atoms with Crippen LogP contribution >= 0.6 is 11.6 Å². The van der Waals surface area contributed by atoms with Gasteiger partial charge in [0.25, 0.3) is 0 Å². The quantitative estimate of drug-likeness (QED) is 0.497. The number of aliphatic hydroxyl groups is 1. The van der Waals surface area contributed by atoms with Crippen LogP contribution in [-0.2, 0) is 11.8 Å². The Labute approximate surface area is 169 Å². The van der Waals surface area contributed by atoms with E-state index in [1.165, 1.54) is 14.2 Å². The third-order valence-corrected chi connectivity index (χ3v) is 5.10. The Morgan fingerprint density at radius 1 is 1.38 bits per heavy atom. The van der Waals surface area contributed by atoms with Gasteiger partial charge in [-0.25, -0.2) is 14.4 Å². The second-order valence-corrected chi connectivity index (χ2v) is 6.66. The van der Waals surface area contributed by atoms with Crippen molar-refractivity contribution in [2.24, 2.45) is 7.05 Å². The number of nitrogens with one attached hydrogen (secondary N) is 1. The molecule has 9 nitrogen and oxygen atoms in total. The van der Waals surface area contributed by atoms with E-state index in [2.05, 4.69) is 20.2 Å². The lowest BCUT2D eigenvalue weighted by Crippen LogP contribution is -2.08. The molecule has 0 amide bonds. The van der Waals surface area contributed by atoms with Crippen molar-refractivity contribution in [3.63, 3.8) is 0 Å². The standard InChI is InChI=1S/C18H18ClFN6O3/c1-25-14-9(6-10(28-2)12(19)13(14)20)15(26-5-4-21-8-26)16(25)18-22-17(23-24-18)11(7-27)29-3/h4-6,8,11,27H,7H2,1-3H3,(H,22,23,24)/t11-/m1/s1. The Hall–Kier alpha value is -2.95. The highest BCUT2D eigenvalue weighted by molar-refractivity contribution is 6.33. The lowest BCUT2D eigenvalue weighted by atomic mass is 10.2. The number of ether oxygens (including phenoxy) is 2. The Kier molecular flexibility index (Phi) is 4.99. The highest BCUT2D eigenvalue weighted by atomic mass is 35.5. The summed E-state index contributed by atoms with van der Waals surface area (Å²) in [6.45, 7) is -0.279. The molecule has 4 aromatic rings. The first-order valence-electron chi connectivity index (χ1n) is 8.60. The van der Waals surface area contributed by atoms with E-state index in [4.69, 9.17) is 21.1 Å².